The molecule has 0 aliphatic carbocycles. The molecule has 0 aliphatic heterocycles. The molecule has 0 N–H and O–H groups in total. The molecule has 0 bridgehead atoms. The largest absolute Gasteiger partial charge is 0.258 e. The molecule has 0 aliphatic rings. The Balaban J connectivity index is 1.87. The molecule has 0 amide bonds. The third-order valence-corrected chi connectivity index (χ3v) is 4.62. The van der Waals surface area contributed by atoms with E-state index in [0.717, 1.165) is 5.69 Å². The standard InChI is InChI=1S/C16H17N2S/c1-11(13-7-5-4-6-8-13)9-14-10-15-12(2)17-18(3)16(15)19-14/h4-11H,1-3H3/t11-/m0/s1. The highest BCUT2D eigenvalue weighted by Gasteiger charge is 2.13. The highest BCUT2D eigenvalue weighted by atomic mass is 32.1. The molecule has 1 radical (unpaired) electrons. The molecule has 1 aromatic carbocycles. The van der Waals surface area contributed by atoms with Crippen LogP contribution in [0.5, 0.6) is 0 Å². The van der Waals surface area contributed by atoms with Crippen LogP contribution < -0.4 is 0 Å². The Morgan fingerprint density at radius 2 is 2.00 bits per heavy atom. The van der Waals surface area contributed by atoms with E-state index in [9.17, 15) is 0 Å². The van der Waals surface area contributed by atoms with Crippen molar-refractivity contribution in [3.63, 3.8) is 0 Å². The first-order valence-corrected chi connectivity index (χ1v) is 7.30. The fraction of sp³-hybridized carbons (Fsp3) is 0.250. The number of hydrogen-bond acceptors (Lipinski definition) is 2. The van der Waals surface area contributed by atoms with E-state index in [1.165, 1.54) is 20.7 Å². The molecular weight excluding hydrogens is 252 g/mol. The maximum absolute atomic E-state index is 4.44. The zero-order chi connectivity index (χ0) is 13.4. The summed E-state index contributed by atoms with van der Waals surface area (Å²) in [5, 5.41) is 5.72. The number of rotatable bonds is 3. The van der Waals surface area contributed by atoms with Crippen LogP contribution in [0.25, 0.3) is 10.2 Å². The summed E-state index contributed by atoms with van der Waals surface area (Å²) in [6, 6.07) is 12.9. The van der Waals surface area contributed by atoms with Gasteiger partial charge in [-0.25, -0.2) is 0 Å². The highest BCUT2D eigenvalue weighted by Crippen LogP contribution is 2.32. The van der Waals surface area contributed by atoms with Crippen molar-refractivity contribution >= 4 is 21.6 Å². The maximum atomic E-state index is 4.44. The van der Waals surface area contributed by atoms with Crippen LogP contribution in [-0.2, 0) is 7.05 Å². The van der Waals surface area contributed by atoms with Gasteiger partial charge in [0.25, 0.3) is 0 Å². The fourth-order valence-corrected chi connectivity index (χ4v) is 3.57. The van der Waals surface area contributed by atoms with Gasteiger partial charge in [-0.2, -0.15) is 5.10 Å². The Morgan fingerprint density at radius 1 is 1.26 bits per heavy atom. The minimum Gasteiger partial charge on any atom is -0.258 e. The van der Waals surface area contributed by atoms with E-state index in [2.05, 4.69) is 61.8 Å². The van der Waals surface area contributed by atoms with E-state index in [4.69, 9.17) is 0 Å². The Labute approximate surface area is 117 Å². The number of aryl methyl sites for hydroxylation is 2. The van der Waals surface area contributed by atoms with Crippen molar-refractivity contribution in [2.75, 3.05) is 0 Å². The van der Waals surface area contributed by atoms with E-state index in [1.807, 2.05) is 23.1 Å². The smallest absolute Gasteiger partial charge is 0.121 e. The van der Waals surface area contributed by atoms with Crippen molar-refractivity contribution in [3.8, 4) is 0 Å². The molecule has 97 valence electrons. The first-order valence-electron chi connectivity index (χ1n) is 6.48. The third kappa shape index (κ3) is 2.30. The molecule has 0 saturated carbocycles. The summed E-state index contributed by atoms with van der Waals surface area (Å²) >= 11 is 1.81. The highest BCUT2D eigenvalue weighted by molar-refractivity contribution is 7.19. The van der Waals surface area contributed by atoms with E-state index in [0.29, 0.717) is 5.92 Å². The van der Waals surface area contributed by atoms with Crippen molar-refractivity contribution in [1.29, 1.82) is 0 Å². The van der Waals surface area contributed by atoms with E-state index < -0.39 is 0 Å². The van der Waals surface area contributed by atoms with Gasteiger partial charge in [-0.15, -0.1) is 11.3 Å². The van der Waals surface area contributed by atoms with Gasteiger partial charge in [0.15, 0.2) is 0 Å². The van der Waals surface area contributed by atoms with Crippen LogP contribution in [-0.4, -0.2) is 9.78 Å². The number of fused-ring (bicyclic) bond motifs is 1. The zero-order valence-electron chi connectivity index (χ0n) is 11.4. The minimum absolute atomic E-state index is 0.433. The van der Waals surface area contributed by atoms with Crippen LogP contribution in [0.1, 0.15) is 29.0 Å². The number of aromatic nitrogens is 2. The number of nitrogens with zero attached hydrogens (tertiary/aromatic N) is 2. The summed E-state index contributed by atoms with van der Waals surface area (Å²) in [6.45, 7) is 4.31. The lowest BCUT2D eigenvalue weighted by molar-refractivity contribution is 0.788. The quantitative estimate of drug-likeness (QED) is 0.693. The SMILES string of the molecule is Cc1nn(C)c2sc([CH][C@H](C)c3ccccc3)cc12. The molecule has 3 rings (SSSR count). The molecule has 3 aromatic rings. The van der Waals surface area contributed by atoms with Crippen molar-refractivity contribution in [1.82, 2.24) is 9.78 Å². The molecule has 2 nitrogen and oxygen atoms in total. The zero-order valence-corrected chi connectivity index (χ0v) is 12.2. The Morgan fingerprint density at radius 3 is 2.68 bits per heavy atom. The van der Waals surface area contributed by atoms with Crippen molar-refractivity contribution in [2.45, 2.75) is 19.8 Å². The van der Waals surface area contributed by atoms with Crippen LogP contribution in [0.2, 0.25) is 0 Å². The summed E-state index contributed by atoms with van der Waals surface area (Å²) in [4.78, 5) is 2.58. The molecule has 2 aromatic heterocycles. The molecule has 3 heteroatoms. The van der Waals surface area contributed by atoms with Gasteiger partial charge >= 0.3 is 0 Å². The normalized spacial score (nSPS) is 13.0. The molecule has 1 atom stereocenters. The Hall–Kier alpha value is -1.61. The summed E-state index contributed by atoms with van der Waals surface area (Å²) in [6.07, 6.45) is 2.33. The summed E-state index contributed by atoms with van der Waals surface area (Å²) < 4.78 is 1.97. The summed E-state index contributed by atoms with van der Waals surface area (Å²) in [7, 11) is 2.01. The molecular formula is C16H17N2S. The Kier molecular flexibility index (Phi) is 3.15. The predicted molar refractivity (Wildman–Crippen MR) is 81.6 cm³/mol. The average molecular weight is 269 g/mol. The van der Waals surface area contributed by atoms with Crippen LogP contribution in [0.15, 0.2) is 36.4 Å². The van der Waals surface area contributed by atoms with Crippen LogP contribution in [0.3, 0.4) is 0 Å². The van der Waals surface area contributed by atoms with E-state index in [1.54, 1.807) is 0 Å². The van der Waals surface area contributed by atoms with Gasteiger partial charge in [0.05, 0.1) is 5.69 Å². The molecule has 0 fully saturated rings. The molecule has 0 saturated heterocycles. The lowest BCUT2D eigenvalue weighted by Crippen LogP contribution is -1.94. The topological polar surface area (TPSA) is 17.8 Å². The second kappa shape index (κ2) is 4.82. The molecule has 0 unspecified atom stereocenters. The van der Waals surface area contributed by atoms with Gasteiger partial charge in [-0.05, 0) is 24.5 Å². The monoisotopic (exact) mass is 269 g/mol. The third-order valence-electron chi connectivity index (χ3n) is 3.45. The van der Waals surface area contributed by atoms with Crippen LogP contribution in [0, 0.1) is 13.3 Å². The maximum Gasteiger partial charge on any atom is 0.121 e. The minimum atomic E-state index is 0.433. The van der Waals surface area contributed by atoms with Gasteiger partial charge < -0.3 is 0 Å². The number of benzene rings is 1. The fourth-order valence-electron chi connectivity index (χ4n) is 2.41. The van der Waals surface area contributed by atoms with Gasteiger partial charge in [-0.3, -0.25) is 4.68 Å². The summed E-state index contributed by atoms with van der Waals surface area (Å²) in [5.74, 6) is 0.433. The second-order valence-corrected chi connectivity index (χ2v) is 6.00. The van der Waals surface area contributed by atoms with Crippen LogP contribution >= 0.6 is 11.3 Å². The summed E-state index contributed by atoms with van der Waals surface area (Å²) in [5.41, 5.74) is 2.47. The van der Waals surface area contributed by atoms with Crippen molar-refractivity contribution in [3.05, 3.63) is 59.0 Å². The average Bonchev–Trinajstić information content (AvgIpc) is 2.93. The first kappa shape index (κ1) is 12.4. The van der Waals surface area contributed by atoms with Gasteiger partial charge in [0.2, 0.25) is 0 Å². The molecule has 2 heterocycles. The van der Waals surface area contributed by atoms with E-state index in [-0.39, 0.29) is 0 Å². The molecule has 0 spiro atoms. The first-order chi connectivity index (χ1) is 9.15. The second-order valence-electron chi connectivity index (χ2n) is 4.94. The van der Waals surface area contributed by atoms with Crippen LogP contribution in [0.4, 0.5) is 0 Å². The van der Waals surface area contributed by atoms with Gasteiger partial charge in [-0.1, -0.05) is 37.3 Å². The van der Waals surface area contributed by atoms with Gasteiger partial charge in [0.1, 0.15) is 4.83 Å². The lowest BCUT2D eigenvalue weighted by atomic mass is 9.97. The van der Waals surface area contributed by atoms with Crippen molar-refractivity contribution < 1.29 is 0 Å². The number of hydrogen-bond donors (Lipinski definition) is 0. The predicted octanol–water partition coefficient (Wildman–Crippen LogP) is 4.30. The lowest BCUT2D eigenvalue weighted by Gasteiger charge is -2.09. The van der Waals surface area contributed by atoms with Gasteiger partial charge in [0, 0.05) is 23.7 Å². The van der Waals surface area contributed by atoms with E-state index >= 15 is 0 Å². The van der Waals surface area contributed by atoms with Crippen molar-refractivity contribution in [2.24, 2.45) is 7.05 Å². The Bertz CT molecular complexity index is 660. The number of thiophene rings is 1. The molecule has 19 heavy (non-hydrogen) atoms.